The number of aryl methyl sites for hydroxylation is 2. The van der Waals surface area contributed by atoms with Crippen LogP contribution in [0.15, 0.2) is 0 Å². The van der Waals surface area contributed by atoms with Gasteiger partial charge >= 0.3 is 0 Å². The molecule has 0 saturated heterocycles. The molecule has 2 atom stereocenters. The van der Waals surface area contributed by atoms with Gasteiger partial charge in [-0.15, -0.1) is 0 Å². The molecule has 1 aromatic heterocycles. The van der Waals surface area contributed by atoms with Crippen LogP contribution in [0, 0.1) is 6.92 Å². The smallest absolute Gasteiger partial charge is 0.130 e. The van der Waals surface area contributed by atoms with Gasteiger partial charge in [-0.1, -0.05) is 11.6 Å². The predicted molar refractivity (Wildman–Crippen MR) is 68.1 cm³/mol. The van der Waals surface area contributed by atoms with Crippen LogP contribution in [0.3, 0.4) is 0 Å². The van der Waals surface area contributed by atoms with Crippen LogP contribution in [-0.4, -0.2) is 26.5 Å². The van der Waals surface area contributed by atoms with E-state index in [9.17, 15) is 5.11 Å². The van der Waals surface area contributed by atoms with Crippen molar-refractivity contribution in [3.8, 4) is 0 Å². The number of nitrogens with two attached hydrogens (primary N) is 1. The Bertz CT molecular complexity index is 418. The molecule has 1 aliphatic carbocycles. The van der Waals surface area contributed by atoms with Crippen molar-refractivity contribution in [2.24, 2.45) is 12.8 Å². The molecule has 0 spiro atoms. The molecule has 1 saturated carbocycles. The predicted octanol–water partition coefficient (Wildman–Crippen LogP) is 1.56. The maximum absolute atomic E-state index is 10.6. The molecule has 1 heterocycles. The largest absolute Gasteiger partial charge is 0.389 e. The quantitative estimate of drug-likeness (QED) is 0.845. The number of nitrogens with zero attached hydrogens (tertiary/aromatic N) is 2. The standard InChI is InChI=1S/C12H20ClN3O/c1-8-10(11(13)16(2)15-8)7-12(17)5-3-4-9(14)6-12/h9,17H,3-7,14H2,1-2H3. The molecule has 0 aliphatic heterocycles. The third-order valence-electron chi connectivity index (χ3n) is 3.63. The molecule has 4 nitrogen and oxygen atoms in total. The first-order valence-electron chi connectivity index (χ1n) is 6.07. The molecule has 2 rings (SSSR count). The van der Waals surface area contributed by atoms with Gasteiger partial charge in [0.1, 0.15) is 5.15 Å². The summed E-state index contributed by atoms with van der Waals surface area (Å²) in [5.41, 5.74) is 7.06. The lowest BCUT2D eigenvalue weighted by molar-refractivity contribution is -0.00202. The van der Waals surface area contributed by atoms with E-state index in [1.165, 1.54) is 0 Å². The molecule has 5 heteroatoms. The second-order valence-corrected chi connectivity index (χ2v) is 5.59. The average Bonchev–Trinajstić information content (AvgIpc) is 2.44. The van der Waals surface area contributed by atoms with Crippen LogP contribution < -0.4 is 5.73 Å². The van der Waals surface area contributed by atoms with Crippen LogP contribution in [0.5, 0.6) is 0 Å². The highest BCUT2D eigenvalue weighted by atomic mass is 35.5. The second kappa shape index (κ2) is 4.59. The van der Waals surface area contributed by atoms with E-state index >= 15 is 0 Å². The van der Waals surface area contributed by atoms with Gasteiger partial charge in [-0.05, 0) is 32.6 Å². The Morgan fingerprint density at radius 1 is 1.65 bits per heavy atom. The highest BCUT2D eigenvalue weighted by Crippen LogP contribution is 2.33. The molecule has 1 aromatic rings. The Labute approximate surface area is 107 Å². The molecule has 1 aliphatic rings. The number of hydrogen-bond acceptors (Lipinski definition) is 3. The first kappa shape index (κ1) is 12.9. The highest BCUT2D eigenvalue weighted by molar-refractivity contribution is 6.30. The Morgan fingerprint density at radius 2 is 2.35 bits per heavy atom. The first-order valence-corrected chi connectivity index (χ1v) is 6.45. The minimum Gasteiger partial charge on any atom is -0.389 e. The molecule has 2 unspecified atom stereocenters. The van der Waals surface area contributed by atoms with Gasteiger partial charge in [0.05, 0.1) is 11.3 Å². The maximum Gasteiger partial charge on any atom is 0.130 e. The zero-order valence-corrected chi connectivity index (χ0v) is 11.2. The Hall–Kier alpha value is -0.580. The molecule has 0 radical (unpaired) electrons. The van der Waals surface area contributed by atoms with Crippen LogP contribution in [-0.2, 0) is 13.5 Å². The van der Waals surface area contributed by atoms with Gasteiger partial charge in [0.2, 0.25) is 0 Å². The van der Waals surface area contributed by atoms with Crippen LogP contribution in [0.25, 0.3) is 0 Å². The van der Waals surface area contributed by atoms with Crippen molar-refractivity contribution < 1.29 is 5.11 Å². The lowest BCUT2D eigenvalue weighted by Crippen LogP contribution is -2.42. The van der Waals surface area contributed by atoms with Crippen LogP contribution >= 0.6 is 11.6 Å². The number of rotatable bonds is 2. The van der Waals surface area contributed by atoms with Crippen molar-refractivity contribution in [3.05, 3.63) is 16.4 Å². The number of aliphatic hydroxyl groups is 1. The topological polar surface area (TPSA) is 64.1 Å². The summed E-state index contributed by atoms with van der Waals surface area (Å²) in [5.74, 6) is 0. The van der Waals surface area contributed by atoms with Crippen molar-refractivity contribution in [2.75, 3.05) is 0 Å². The van der Waals surface area contributed by atoms with Gasteiger partial charge in [-0.3, -0.25) is 4.68 Å². The molecular weight excluding hydrogens is 238 g/mol. The van der Waals surface area contributed by atoms with E-state index < -0.39 is 5.60 Å². The third-order valence-corrected chi connectivity index (χ3v) is 4.11. The van der Waals surface area contributed by atoms with Gasteiger partial charge in [-0.25, -0.2) is 0 Å². The number of hydrogen-bond donors (Lipinski definition) is 2. The highest BCUT2D eigenvalue weighted by Gasteiger charge is 2.34. The van der Waals surface area contributed by atoms with Crippen molar-refractivity contribution in [1.29, 1.82) is 0 Å². The van der Waals surface area contributed by atoms with Crippen molar-refractivity contribution in [1.82, 2.24) is 9.78 Å². The molecule has 17 heavy (non-hydrogen) atoms. The second-order valence-electron chi connectivity index (χ2n) is 5.24. The Morgan fingerprint density at radius 3 is 2.88 bits per heavy atom. The van der Waals surface area contributed by atoms with Crippen molar-refractivity contribution in [2.45, 2.75) is 50.7 Å². The average molecular weight is 258 g/mol. The summed E-state index contributed by atoms with van der Waals surface area (Å²) < 4.78 is 1.65. The lowest BCUT2D eigenvalue weighted by Gasteiger charge is -2.35. The molecule has 0 bridgehead atoms. The van der Waals surface area contributed by atoms with Crippen LogP contribution in [0.4, 0.5) is 0 Å². The maximum atomic E-state index is 10.6. The van der Waals surface area contributed by atoms with Gasteiger partial charge in [0, 0.05) is 25.1 Å². The first-order chi connectivity index (χ1) is 7.91. The van der Waals surface area contributed by atoms with E-state index in [4.69, 9.17) is 17.3 Å². The fourth-order valence-corrected chi connectivity index (χ4v) is 2.99. The molecule has 0 amide bonds. The van der Waals surface area contributed by atoms with Gasteiger partial charge in [0.25, 0.3) is 0 Å². The SMILES string of the molecule is Cc1nn(C)c(Cl)c1CC1(O)CCCC(N)C1. The normalized spacial score (nSPS) is 29.6. The van der Waals surface area contributed by atoms with E-state index in [0.29, 0.717) is 18.0 Å². The molecule has 0 aromatic carbocycles. The molecule has 96 valence electrons. The summed E-state index contributed by atoms with van der Waals surface area (Å²) in [4.78, 5) is 0. The van der Waals surface area contributed by atoms with Gasteiger partial charge in [0.15, 0.2) is 0 Å². The molecule has 1 fully saturated rings. The fourth-order valence-electron chi connectivity index (χ4n) is 2.75. The summed E-state index contributed by atoms with van der Waals surface area (Å²) in [5, 5.41) is 15.5. The minimum atomic E-state index is -0.713. The third kappa shape index (κ3) is 2.64. The molecule has 3 N–H and O–H groups in total. The number of aromatic nitrogens is 2. The van der Waals surface area contributed by atoms with Crippen LogP contribution in [0.2, 0.25) is 5.15 Å². The van der Waals surface area contributed by atoms with Crippen LogP contribution in [0.1, 0.15) is 36.9 Å². The lowest BCUT2D eigenvalue weighted by atomic mass is 9.78. The minimum absolute atomic E-state index is 0.101. The van der Waals surface area contributed by atoms with Crippen molar-refractivity contribution >= 4 is 11.6 Å². The molecular formula is C12H20ClN3O. The van der Waals surface area contributed by atoms with E-state index in [-0.39, 0.29) is 6.04 Å². The number of halogens is 1. The van der Waals surface area contributed by atoms with E-state index in [2.05, 4.69) is 5.10 Å². The Balaban J connectivity index is 2.19. The summed E-state index contributed by atoms with van der Waals surface area (Å²) in [6.45, 7) is 1.92. The summed E-state index contributed by atoms with van der Waals surface area (Å²) in [6, 6.07) is 0.101. The summed E-state index contributed by atoms with van der Waals surface area (Å²) in [6.07, 6.45) is 3.99. The zero-order chi connectivity index (χ0) is 12.6. The monoisotopic (exact) mass is 257 g/mol. The summed E-state index contributed by atoms with van der Waals surface area (Å²) in [7, 11) is 1.81. The summed E-state index contributed by atoms with van der Waals surface area (Å²) >= 11 is 6.19. The van der Waals surface area contributed by atoms with Crippen molar-refractivity contribution in [3.63, 3.8) is 0 Å². The Kier molecular flexibility index (Phi) is 3.48. The van der Waals surface area contributed by atoms with E-state index in [1.54, 1.807) is 4.68 Å². The van der Waals surface area contributed by atoms with E-state index in [0.717, 1.165) is 30.5 Å². The van der Waals surface area contributed by atoms with Gasteiger partial charge < -0.3 is 10.8 Å². The van der Waals surface area contributed by atoms with E-state index in [1.807, 2.05) is 14.0 Å². The zero-order valence-electron chi connectivity index (χ0n) is 10.4. The van der Waals surface area contributed by atoms with Gasteiger partial charge in [-0.2, -0.15) is 5.10 Å². The fraction of sp³-hybridized carbons (Fsp3) is 0.750.